The molecule has 5 heteroatoms. The molecule has 1 aliphatic rings. The van der Waals surface area contributed by atoms with Gasteiger partial charge in [0.25, 0.3) is 0 Å². The number of nitrogens with zero attached hydrogens (tertiary/aromatic N) is 2. The molecule has 0 spiro atoms. The van der Waals surface area contributed by atoms with E-state index in [2.05, 4.69) is 4.98 Å². The minimum atomic E-state index is 0.175. The van der Waals surface area contributed by atoms with Gasteiger partial charge in [0.1, 0.15) is 10.8 Å². The first-order chi connectivity index (χ1) is 11.7. The van der Waals surface area contributed by atoms with E-state index in [-0.39, 0.29) is 5.91 Å². The molecule has 0 bridgehead atoms. The number of thiazole rings is 1. The molecule has 3 rings (SSSR count). The zero-order valence-electron chi connectivity index (χ0n) is 14.3. The first-order valence-corrected chi connectivity index (χ1v) is 9.40. The van der Waals surface area contributed by atoms with Gasteiger partial charge in [0.2, 0.25) is 5.91 Å². The van der Waals surface area contributed by atoms with Crippen molar-refractivity contribution in [3.63, 3.8) is 0 Å². The Kier molecular flexibility index (Phi) is 5.51. The largest absolute Gasteiger partial charge is 0.497 e. The molecule has 0 N–H and O–H groups in total. The standard InChI is InChI=1S/C19H24N2O2S/c1-21(16-6-4-3-5-7-16)18(22)12-15-13-24-19(20-15)14-8-10-17(23-2)11-9-14/h8-11,13,16H,3-7,12H2,1-2H3. The quantitative estimate of drug-likeness (QED) is 0.818. The second kappa shape index (κ2) is 7.79. The number of carbonyl (C=O) groups is 1. The minimum absolute atomic E-state index is 0.175. The highest BCUT2D eigenvalue weighted by atomic mass is 32.1. The summed E-state index contributed by atoms with van der Waals surface area (Å²) in [6.07, 6.45) is 6.43. The molecule has 128 valence electrons. The molecule has 0 radical (unpaired) electrons. The Morgan fingerprint density at radius 2 is 1.96 bits per heavy atom. The highest BCUT2D eigenvalue weighted by molar-refractivity contribution is 7.13. The molecule has 0 aliphatic heterocycles. The highest BCUT2D eigenvalue weighted by Crippen LogP contribution is 2.26. The maximum atomic E-state index is 12.5. The average molecular weight is 344 g/mol. The maximum Gasteiger partial charge on any atom is 0.228 e. The van der Waals surface area contributed by atoms with Crippen molar-refractivity contribution < 1.29 is 9.53 Å². The van der Waals surface area contributed by atoms with Gasteiger partial charge in [0.05, 0.1) is 19.2 Å². The Hall–Kier alpha value is -1.88. The van der Waals surface area contributed by atoms with Crippen LogP contribution in [0.1, 0.15) is 37.8 Å². The van der Waals surface area contributed by atoms with Crippen LogP contribution in [0, 0.1) is 0 Å². The van der Waals surface area contributed by atoms with Crippen LogP contribution in [0.4, 0.5) is 0 Å². The second-order valence-corrected chi connectivity index (χ2v) is 7.20. The van der Waals surface area contributed by atoms with E-state index in [9.17, 15) is 4.79 Å². The summed E-state index contributed by atoms with van der Waals surface area (Å²) in [6.45, 7) is 0. The van der Waals surface area contributed by atoms with Crippen LogP contribution in [0.25, 0.3) is 10.6 Å². The number of rotatable bonds is 5. The number of hydrogen-bond acceptors (Lipinski definition) is 4. The normalized spacial score (nSPS) is 15.2. The average Bonchev–Trinajstić information content (AvgIpc) is 3.10. The van der Waals surface area contributed by atoms with Gasteiger partial charge in [-0.25, -0.2) is 4.98 Å². The van der Waals surface area contributed by atoms with Crippen molar-refractivity contribution in [2.75, 3.05) is 14.2 Å². The van der Waals surface area contributed by atoms with Crippen LogP contribution in [0.3, 0.4) is 0 Å². The van der Waals surface area contributed by atoms with E-state index >= 15 is 0 Å². The van der Waals surface area contributed by atoms with Crippen LogP contribution in [-0.2, 0) is 11.2 Å². The number of carbonyl (C=O) groups excluding carboxylic acids is 1. The minimum Gasteiger partial charge on any atom is -0.497 e. The van der Waals surface area contributed by atoms with Gasteiger partial charge < -0.3 is 9.64 Å². The predicted octanol–water partition coefficient (Wildman–Crippen LogP) is 4.15. The summed E-state index contributed by atoms with van der Waals surface area (Å²) < 4.78 is 5.18. The summed E-state index contributed by atoms with van der Waals surface area (Å²) in [4.78, 5) is 19.1. The molecule has 1 aromatic carbocycles. The molecule has 1 heterocycles. The fourth-order valence-corrected chi connectivity index (χ4v) is 4.03. The van der Waals surface area contributed by atoms with E-state index < -0.39 is 0 Å². The van der Waals surface area contributed by atoms with E-state index in [1.165, 1.54) is 19.3 Å². The summed E-state index contributed by atoms with van der Waals surface area (Å²) >= 11 is 1.58. The number of hydrogen-bond donors (Lipinski definition) is 0. The van der Waals surface area contributed by atoms with Gasteiger partial charge in [0.15, 0.2) is 0 Å². The zero-order valence-corrected chi connectivity index (χ0v) is 15.1. The first kappa shape index (κ1) is 17.0. The van der Waals surface area contributed by atoms with E-state index in [1.54, 1.807) is 18.4 Å². The maximum absolute atomic E-state index is 12.5. The molecule has 0 unspecified atom stereocenters. The molecule has 1 fully saturated rings. The van der Waals surface area contributed by atoms with Crippen molar-refractivity contribution in [3.05, 3.63) is 35.3 Å². The molecule has 2 aromatic rings. The van der Waals surface area contributed by atoms with E-state index in [1.807, 2.05) is 41.6 Å². The number of amides is 1. The van der Waals surface area contributed by atoms with E-state index in [4.69, 9.17) is 4.74 Å². The lowest BCUT2D eigenvalue weighted by atomic mass is 9.94. The van der Waals surface area contributed by atoms with Crippen LogP contribution in [0.15, 0.2) is 29.6 Å². The van der Waals surface area contributed by atoms with Crippen LogP contribution in [-0.4, -0.2) is 36.0 Å². The monoisotopic (exact) mass is 344 g/mol. The Labute approximate surface area is 147 Å². The Morgan fingerprint density at radius 1 is 1.25 bits per heavy atom. The smallest absolute Gasteiger partial charge is 0.228 e. The SMILES string of the molecule is COc1ccc(-c2nc(CC(=O)N(C)C3CCCCC3)cs2)cc1. The Bertz CT molecular complexity index is 675. The zero-order chi connectivity index (χ0) is 16.9. The predicted molar refractivity (Wildman–Crippen MR) is 97.4 cm³/mol. The molecule has 1 saturated carbocycles. The van der Waals surface area contributed by atoms with Crippen molar-refractivity contribution in [3.8, 4) is 16.3 Å². The number of ether oxygens (including phenoxy) is 1. The van der Waals surface area contributed by atoms with Gasteiger partial charge >= 0.3 is 0 Å². The van der Waals surface area contributed by atoms with E-state index in [0.29, 0.717) is 12.5 Å². The Balaban J connectivity index is 1.63. The summed E-state index contributed by atoms with van der Waals surface area (Å²) in [5.41, 5.74) is 1.92. The molecular weight excluding hydrogens is 320 g/mol. The second-order valence-electron chi connectivity index (χ2n) is 6.35. The van der Waals surface area contributed by atoms with E-state index in [0.717, 1.165) is 34.9 Å². The van der Waals surface area contributed by atoms with Crippen LogP contribution in [0.5, 0.6) is 5.75 Å². The fourth-order valence-electron chi connectivity index (χ4n) is 3.21. The summed E-state index contributed by atoms with van der Waals surface area (Å²) in [5.74, 6) is 1.01. The van der Waals surface area contributed by atoms with Gasteiger partial charge in [0, 0.05) is 24.0 Å². The van der Waals surface area contributed by atoms with Crippen LogP contribution < -0.4 is 4.74 Å². The van der Waals surface area contributed by atoms with Gasteiger partial charge in [-0.3, -0.25) is 4.79 Å². The summed E-state index contributed by atoms with van der Waals surface area (Å²) in [6, 6.07) is 8.26. The molecule has 24 heavy (non-hydrogen) atoms. The van der Waals surface area contributed by atoms with Crippen molar-refractivity contribution in [1.82, 2.24) is 9.88 Å². The number of aromatic nitrogens is 1. The number of methoxy groups -OCH3 is 1. The first-order valence-electron chi connectivity index (χ1n) is 8.52. The van der Waals surface area contributed by atoms with Crippen molar-refractivity contribution in [1.29, 1.82) is 0 Å². The molecule has 1 amide bonds. The lowest BCUT2D eigenvalue weighted by Gasteiger charge is -2.31. The number of likely N-dealkylation sites (N-methyl/N-ethyl adjacent to an activating group) is 1. The molecular formula is C19H24N2O2S. The van der Waals surface area contributed by atoms with Crippen LogP contribution >= 0.6 is 11.3 Å². The molecule has 1 aromatic heterocycles. The molecule has 1 aliphatic carbocycles. The number of benzene rings is 1. The molecule has 0 saturated heterocycles. The molecule has 4 nitrogen and oxygen atoms in total. The third-order valence-electron chi connectivity index (χ3n) is 4.74. The van der Waals surface area contributed by atoms with Gasteiger partial charge in [-0.05, 0) is 37.1 Å². The van der Waals surface area contributed by atoms with Crippen molar-refractivity contribution >= 4 is 17.2 Å². The highest BCUT2D eigenvalue weighted by Gasteiger charge is 2.22. The summed E-state index contributed by atoms with van der Waals surface area (Å²) in [5, 5.41) is 2.94. The fraction of sp³-hybridized carbons (Fsp3) is 0.474. The third-order valence-corrected chi connectivity index (χ3v) is 5.68. The lowest BCUT2D eigenvalue weighted by molar-refractivity contribution is -0.131. The van der Waals surface area contributed by atoms with Gasteiger partial charge in [-0.15, -0.1) is 11.3 Å². The van der Waals surface area contributed by atoms with Gasteiger partial charge in [-0.2, -0.15) is 0 Å². The molecule has 0 atom stereocenters. The van der Waals surface area contributed by atoms with Crippen molar-refractivity contribution in [2.24, 2.45) is 0 Å². The Morgan fingerprint density at radius 3 is 2.62 bits per heavy atom. The van der Waals surface area contributed by atoms with Crippen LogP contribution in [0.2, 0.25) is 0 Å². The topological polar surface area (TPSA) is 42.4 Å². The van der Waals surface area contributed by atoms with Gasteiger partial charge in [-0.1, -0.05) is 19.3 Å². The summed E-state index contributed by atoms with van der Waals surface area (Å²) in [7, 11) is 3.60. The third kappa shape index (κ3) is 3.96. The van der Waals surface area contributed by atoms with Crippen molar-refractivity contribution in [2.45, 2.75) is 44.6 Å². The lowest BCUT2D eigenvalue weighted by Crippen LogP contribution is -2.39.